The van der Waals surface area contributed by atoms with E-state index >= 15 is 0 Å². The lowest BCUT2D eigenvalue weighted by Gasteiger charge is -2.39. The molecular weight excluding hydrogens is 456 g/mol. The van der Waals surface area contributed by atoms with Crippen molar-refractivity contribution in [1.82, 2.24) is 30.5 Å². The van der Waals surface area contributed by atoms with Crippen molar-refractivity contribution in [3.05, 3.63) is 24.3 Å². The van der Waals surface area contributed by atoms with Gasteiger partial charge in [-0.25, -0.2) is 4.68 Å². The first-order valence-corrected chi connectivity index (χ1v) is 12.6. The number of nitrogens with zero attached hydrogens (tertiary/aromatic N) is 4. The number of nitrogens with one attached hydrogen (secondary N) is 2. The molecule has 0 aliphatic carbocycles. The zero-order valence-corrected chi connectivity index (χ0v) is 20.3. The third-order valence-corrected chi connectivity index (χ3v) is 9.96. The number of fused-ring (bicyclic) bond motifs is 2. The number of thioether (sulfide) groups is 1. The quantitative estimate of drug-likeness (QED) is 0.515. The molecule has 1 aromatic carbocycles. The summed E-state index contributed by atoms with van der Waals surface area (Å²) in [4.78, 5) is 42.1. The van der Waals surface area contributed by atoms with E-state index in [0.717, 1.165) is 17.5 Å². The number of benzene rings is 1. The molecule has 1 spiro atoms. The molecule has 3 N–H and O–H groups in total. The Hall–Kier alpha value is -2.66. The van der Waals surface area contributed by atoms with Crippen LogP contribution in [0.15, 0.2) is 24.3 Å². The molecule has 3 amide bonds. The molecule has 11 heteroatoms. The average Bonchev–Trinajstić information content (AvgIpc) is 3.56. The Morgan fingerprint density at radius 2 is 2.09 bits per heavy atom. The van der Waals surface area contributed by atoms with Crippen LogP contribution in [0.5, 0.6) is 0 Å². The summed E-state index contributed by atoms with van der Waals surface area (Å²) in [5, 5.41) is 24.1. The summed E-state index contributed by atoms with van der Waals surface area (Å²) in [7, 11) is 1.58. The Labute approximate surface area is 201 Å². The summed E-state index contributed by atoms with van der Waals surface area (Å²) in [6.07, 6.45) is 1.28. The average molecular weight is 487 g/mol. The van der Waals surface area contributed by atoms with Gasteiger partial charge < -0.3 is 20.6 Å². The Balaban J connectivity index is 1.50. The van der Waals surface area contributed by atoms with Gasteiger partial charge in [0.1, 0.15) is 18.2 Å². The van der Waals surface area contributed by atoms with Crippen LogP contribution in [-0.4, -0.2) is 78.5 Å². The largest absolute Gasteiger partial charge is 0.394 e. The molecule has 3 fully saturated rings. The monoisotopic (exact) mass is 486 g/mol. The maximum absolute atomic E-state index is 13.8. The first kappa shape index (κ1) is 23.1. The third-order valence-electron chi connectivity index (χ3n) is 7.88. The van der Waals surface area contributed by atoms with Crippen LogP contribution >= 0.6 is 11.8 Å². The lowest BCUT2D eigenvalue weighted by Crippen LogP contribution is -2.58. The molecule has 7 atom stereocenters. The topological polar surface area (TPSA) is 129 Å². The van der Waals surface area contributed by atoms with Gasteiger partial charge in [-0.1, -0.05) is 31.2 Å². The second kappa shape index (κ2) is 8.53. The molecule has 0 radical (unpaired) electrons. The fourth-order valence-corrected chi connectivity index (χ4v) is 8.72. The van der Waals surface area contributed by atoms with E-state index in [1.807, 2.05) is 31.2 Å². The van der Waals surface area contributed by atoms with Gasteiger partial charge in [-0.3, -0.25) is 14.4 Å². The minimum absolute atomic E-state index is 0.00480. The van der Waals surface area contributed by atoms with E-state index in [4.69, 9.17) is 0 Å². The minimum Gasteiger partial charge on any atom is -0.394 e. The van der Waals surface area contributed by atoms with Crippen molar-refractivity contribution in [2.45, 2.75) is 55.4 Å². The second-order valence-electron chi connectivity index (χ2n) is 9.43. The van der Waals surface area contributed by atoms with E-state index in [1.54, 1.807) is 28.4 Å². The highest BCUT2D eigenvalue weighted by Crippen LogP contribution is 2.68. The predicted octanol–water partition coefficient (Wildman–Crippen LogP) is 0.359. The summed E-state index contributed by atoms with van der Waals surface area (Å²) >= 11 is 1.62. The Morgan fingerprint density at radius 1 is 1.32 bits per heavy atom. The van der Waals surface area contributed by atoms with Crippen LogP contribution in [0.4, 0.5) is 0 Å². The van der Waals surface area contributed by atoms with Crippen molar-refractivity contribution >= 4 is 40.5 Å². The molecular formula is C23H30N6O4S. The van der Waals surface area contributed by atoms with E-state index in [-0.39, 0.29) is 42.2 Å². The van der Waals surface area contributed by atoms with E-state index in [9.17, 15) is 19.5 Å². The summed E-state index contributed by atoms with van der Waals surface area (Å²) in [6.45, 7) is 3.83. The molecule has 3 aliphatic heterocycles. The molecule has 1 aromatic heterocycles. The van der Waals surface area contributed by atoms with Crippen LogP contribution in [0.25, 0.3) is 11.0 Å². The lowest BCUT2D eigenvalue weighted by atomic mass is 9.66. The van der Waals surface area contributed by atoms with Gasteiger partial charge in [0, 0.05) is 12.3 Å². The van der Waals surface area contributed by atoms with Crippen LogP contribution in [0, 0.1) is 17.8 Å². The van der Waals surface area contributed by atoms with Crippen molar-refractivity contribution in [2.24, 2.45) is 17.8 Å². The van der Waals surface area contributed by atoms with Gasteiger partial charge in [0.15, 0.2) is 0 Å². The number of rotatable bonds is 7. The number of carbonyl (C=O) groups is 3. The van der Waals surface area contributed by atoms with Gasteiger partial charge in [0.25, 0.3) is 0 Å². The van der Waals surface area contributed by atoms with Gasteiger partial charge >= 0.3 is 0 Å². The molecule has 0 saturated carbocycles. The minimum atomic E-state index is -0.781. The van der Waals surface area contributed by atoms with Gasteiger partial charge in [-0.2, -0.15) is 0 Å². The van der Waals surface area contributed by atoms with Crippen molar-refractivity contribution in [3.63, 3.8) is 0 Å². The number of likely N-dealkylation sites (tertiary alicyclic amines) is 1. The summed E-state index contributed by atoms with van der Waals surface area (Å²) in [6, 6.07) is 6.21. The van der Waals surface area contributed by atoms with Crippen molar-refractivity contribution < 1.29 is 19.5 Å². The zero-order chi connectivity index (χ0) is 24.2. The molecule has 3 unspecified atom stereocenters. The Bertz CT molecular complexity index is 1140. The molecule has 2 aromatic rings. The van der Waals surface area contributed by atoms with Gasteiger partial charge in [0.05, 0.1) is 34.7 Å². The SMILES string of the molecule is CC[C@@H](CO)N1C(=O)[C@@H]2[C@@H](C(=O)NC)[C@H]3CC(C)C2(S3)C1C(=O)NCn1nnc2ccccc21. The zero-order valence-electron chi connectivity index (χ0n) is 19.5. The normalized spacial score (nSPS) is 32.8. The first-order chi connectivity index (χ1) is 16.4. The first-order valence-electron chi connectivity index (χ1n) is 11.8. The summed E-state index contributed by atoms with van der Waals surface area (Å²) < 4.78 is 0.902. The number of aliphatic hydroxyl groups is 1. The number of amides is 3. The van der Waals surface area contributed by atoms with Crippen LogP contribution in [0.1, 0.15) is 26.7 Å². The molecule has 4 heterocycles. The summed E-state index contributed by atoms with van der Waals surface area (Å²) in [5.41, 5.74) is 1.52. The highest BCUT2D eigenvalue weighted by Gasteiger charge is 2.76. The molecule has 3 saturated heterocycles. The highest BCUT2D eigenvalue weighted by molar-refractivity contribution is 8.02. The van der Waals surface area contributed by atoms with Crippen molar-refractivity contribution in [3.8, 4) is 0 Å². The second-order valence-corrected chi connectivity index (χ2v) is 11.0. The van der Waals surface area contributed by atoms with E-state index in [1.165, 1.54) is 0 Å². The highest BCUT2D eigenvalue weighted by atomic mass is 32.2. The maximum Gasteiger partial charge on any atom is 0.245 e. The number of hydrogen-bond donors (Lipinski definition) is 3. The van der Waals surface area contributed by atoms with E-state index < -0.39 is 28.7 Å². The fourth-order valence-electron chi connectivity index (χ4n) is 6.32. The number of aromatic nitrogens is 3. The van der Waals surface area contributed by atoms with Gasteiger partial charge in [-0.05, 0) is 30.9 Å². The molecule has 182 valence electrons. The molecule has 34 heavy (non-hydrogen) atoms. The smallest absolute Gasteiger partial charge is 0.245 e. The van der Waals surface area contributed by atoms with Crippen LogP contribution < -0.4 is 10.6 Å². The lowest BCUT2D eigenvalue weighted by molar-refractivity contribution is -0.142. The van der Waals surface area contributed by atoms with Crippen LogP contribution in [0.2, 0.25) is 0 Å². The number of hydrogen-bond acceptors (Lipinski definition) is 7. The summed E-state index contributed by atoms with van der Waals surface area (Å²) in [5.74, 6) is -1.65. The molecule has 2 bridgehead atoms. The van der Waals surface area contributed by atoms with Crippen molar-refractivity contribution in [2.75, 3.05) is 13.7 Å². The van der Waals surface area contributed by atoms with Gasteiger partial charge in [-0.15, -0.1) is 16.9 Å². The molecule has 5 rings (SSSR count). The Morgan fingerprint density at radius 3 is 2.79 bits per heavy atom. The third kappa shape index (κ3) is 3.09. The van der Waals surface area contributed by atoms with E-state index in [0.29, 0.717) is 6.42 Å². The standard InChI is InChI=1S/C23H30N6O4S/c1-4-13(10-30)29-19(21(32)25-11-28-15-8-6-5-7-14(15)26-27-28)23-12(2)9-16(34-23)17(20(31)24-3)18(23)22(29)33/h5-8,12-13,16-19,30H,4,9-11H2,1-3H3,(H,24,31)(H,25,32)/t12?,13-,16+,17-,18-,19?,23?/m0/s1. The Kier molecular flexibility index (Phi) is 5.79. The maximum atomic E-state index is 13.8. The van der Waals surface area contributed by atoms with Crippen LogP contribution in [-0.2, 0) is 21.1 Å². The fraction of sp³-hybridized carbons (Fsp3) is 0.609. The molecule has 10 nitrogen and oxygen atoms in total. The van der Waals surface area contributed by atoms with Crippen molar-refractivity contribution in [1.29, 1.82) is 0 Å². The van der Waals surface area contributed by atoms with Gasteiger partial charge in [0.2, 0.25) is 17.7 Å². The van der Waals surface area contributed by atoms with E-state index in [2.05, 4.69) is 27.9 Å². The predicted molar refractivity (Wildman–Crippen MR) is 126 cm³/mol. The van der Waals surface area contributed by atoms with Crippen LogP contribution in [0.3, 0.4) is 0 Å². The molecule has 3 aliphatic rings. The number of aliphatic hydroxyl groups excluding tert-OH is 1. The number of para-hydroxylation sites is 1. The number of carbonyl (C=O) groups excluding carboxylic acids is 3.